The lowest BCUT2D eigenvalue weighted by Crippen LogP contribution is -2.36. The van der Waals surface area contributed by atoms with Gasteiger partial charge in [0.05, 0.1) is 0 Å². The van der Waals surface area contributed by atoms with E-state index < -0.39 is 0 Å². The largest absolute Gasteiger partial charge is 0.339 e. The Morgan fingerprint density at radius 3 is 2.65 bits per heavy atom. The zero-order valence-corrected chi connectivity index (χ0v) is 11.8. The molecule has 1 amide bonds. The van der Waals surface area contributed by atoms with Crippen LogP contribution in [0.15, 0.2) is 22.7 Å². The van der Waals surface area contributed by atoms with Gasteiger partial charge in [0.2, 0.25) is 0 Å². The molecule has 1 fully saturated rings. The van der Waals surface area contributed by atoms with Crippen LogP contribution >= 0.6 is 15.9 Å². The summed E-state index contributed by atoms with van der Waals surface area (Å²) in [6.07, 6.45) is 4.44. The zero-order chi connectivity index (χ0) is 12.3. The zero-order valence-electron chi connectivity index (χ0n) is 10.2. The Morgan fingerprint density at radius 2 is 2.00 bits per heavy atom. The Hall–Kier alpha value is -0.830. The van der Waals surface area contributed by atoms with Crippen molar-refractivity contribution in [3.05, 3.63) is 33.8 Å². The van der Waals surface area contributed by atoms with Gasteiger partial charge < -0.3 is 4.90 Å². The average Bonchev–Trinajstić information content (AvgIpc) is 2.39. The van der Waals surface area contributed by atoms with Crippen LogP contribution in [0, 0.1) is 0 Å². The topological polar surface area (TPSA) is 20.3 Å². The predicted molar refractivity (Wildman–Crippen MR) is 73.3 cm³/mol. The van der Waals surface area contributed by atoms with E-state index in [2.05, 4.69) is 28.9 Å². The molecule has 1 aliphatic rings. The number of halogens is 1. The minimum atomic E-state index is 0.203. The predicted octanol–water partition coefficient (Wildman–Crippen LogP) is 3.64. The van der Waals surface area contributed by atoms with Gasteiger partial charge in [0.15, 0.2) is 0 Å². The van der Waals surface area contributed by atoms with Gasteiger partial charge in [-0.3, -0.25) is 4.79 Å². The average molecular weight is 296 g/mol. The third-order valence-electron chi connectivity index (χ3n) is 3.32. The van der Waals surface area contributed by atoms with Crippen molar-refractivity contribution in [1.29, 1.82) is 0 Å². The molecule has 2 rings (SSSR count). The minimum absolute atomic E-state index is 0.203. The van der Waals surface area contributed by atoms with Crippen LogP contribution in [-0.4, -0.2) is 23.9 Å². The van der Waals surface area contributed by atoms with Crippen LogP contribution < -0.4 is 0 Å². The highest BCUT2D eigenvalue weighted by molar-refractivity contribution is 9.10. The van der Waals surface area contributed by atoms with Gasteiger partial charge in [-0.2, -0.15) is 0 Å². The van der Waals surface area contributed by atoms with Gasteiger partial charge in [0, 0.05) is 23.1 Å². The highest BCUT2D eigenvalue weighted by atomic mass is 79.9. The standard InChI is InChI=1S/C14H18BrNO/c1-2-11-10-12(15)6-7-13(11)14(17)16-8-4-3-5-9-16/h6-7,10H,2-5,8-9H2,1H3. The van der Waals surface area contributed by atoms with E-state index in [1.54, 1.807) is 0 Å². The molecule has 0 N–H and O–H groups in total. The fourth-order valence-corrected chi connectivity index (χ4v) is 2.74. The lowest BCUT2D eigenvalue weighted by atomic mass is 10.0. The third kappa shape index (κ3) is 2.89. The number of carbonyl (C=O) groups excluding carboxylic acids is 1. The van der Waals surface area contributed by atoms with Gasteiger partial charge in [-0.05, 0) is 49.4 Å². The van der Waals surface area contributed by atoms with Crippen LogP contribution in [0.4, 0.5) is 0 Å². The number of nitrogens with zero attached hydrogens (tertiary/aromatic N) is 1. The third-order valence-corrected chi connectivity index (χ3v) is 3.82. The van der Waals surface area contributed by atoms with Crippen LogP contribution in [0.25, 0.3) is 0 Å². The van der Waals surface area contributed by atoms with Crippen LogP contribution in [0.5, 0.6) is 0 Å². The number of carbonyl (C=O) groups is 1. The maximum Gasteiger partial charge on any atom is 0.254 e. The van der Waals surface area contributed by atoms with Crippen molar-refractivity contribution in [1.82, 2.24) is 4.90 Å². The van der Waals surface area contributed by atoms with Crippen LogP contribution in [-0.2, 0) is 6.42 Å². The maximum absolute atomic E-state index is 12.4. The molecule has 0 radical (unpaired) electrons. The normalized spacial score (nSPS) is 16.0. The summed E-state index contributed by atoms with van der Waals surface area (Å²) in [5.41, 5.74) is 2.01. The second-order valence-corrected chi connectivity index (χ2v) is 5.42. The summed E-state index contributed by atoms with van der Waals surface area (Å²) in [6, 6.07) is 5.95. The number of hydrogen-bond acceptors (Lipinski definition) is 1. The number of hydrogen-bond donors (Lipinski definition) is 0. The molecule has 0 unspecified atom stereocenters. The molecule has 17 heavy (non-hydrogen) atoms. The van der Waals surface area contributed by atoms with Gasteiger partial charge in [-0.15, -0.1) is 0 Å². The second kappa shape index (κ2) is 5.67. The lowest BCUT2D eigenvalue weighted by molar-refractivity contribution is 0.0723. The van der Waals surface area contributed by atoms with Gasteiger partial charge in [-0.25, -0.2) is 0 Å². The summed E-state index contributed by atoms with van der Waals surface area (Å²) in [7, 11) is 0. The highest BCUT2D eigenvalue weighted by Crippen LogP contribution is 2.20. The number of piperidine rings is 1. The molecule has 92 valence electrons. The van der Waals surface area contributed by atoms with E-state index in [1.807, 2.05) is 17.0 Å². The molecule has 1 saturated heterocycles. The molecule has 0 spiro atoms. The number of likely N-dealkylation sites (tertiary alicyclic amines) is 1. The molecular weight excluding hydrogens is 278 g/mol. The second-order valence-electron chi connectivity index (χ2n) is 4.51. The Balaban J connectivity index is 2.23. The number of benzene rings is 1. The minimum Gasteiger partial charge on any atom is -0.339 e. The van der Waals surface area contributed by atoms with Crippen molar-refractivity contribution in [3.63, 3.8) is 0 Å². The van der Waals surface area contributed by atoms with Crippen molar-refractivity contribution >= 4 is 21.8 Å². The van der Waals surface area contributed by atoms with Crippen molar-refractivity contribution in [3.8, 4) is 0 Å². The quantitative estimate of drug-likeness (QED) is 0.816. The molecular formula is C14H18BrNO. The molecule has 0 aliphatic carbocycles. The van der Waals surface area contributed by atoms with Gasteiger partial charge in [0.25, 0.3) is 5.91 Å². The molecule has 1 aliphatic heterocycles. The van der Waals surface area contributed by atoms with Crippen LogP contribution in [0.2, 0.25) is 0 Å². The summed E-state index contributed by atoms with van der Waals surface area (Å²) in [6.45, 7) is 3.92. The number of rotatable bonds is 2. The first-order chi connectivity index (χ1) is 8.22. The number of amides is 1. The first kappa shape index (κ1) is 12.6. The van der Waals surface area contributed by atoms with E-state index in [0.717, 1.165) is 48.0 Å². The Kier molecular flexibility index (Phi) is 4.21. The highest BCUT2D eigenvalue weighted by Gasteiger charge is 2.20. The summed E-state index contributed by atoms with van der Waals surface area (Å²) < 4.78 is 1.05. The van der Waals surface area contributed by atoms with E-state index in [0.29, 0.717) is 0 Å². The van der Waals surface area contributed by atoms with Crippen molar-refractivity contribution in [2.75, 3.05) is 13.1 Å². The smallest absolute Gasteiger partial charge is 0.254 e. The number of aryl methyl sites for hydroxylation is 1. The Bertz CT molecular complexity index is 411. The fraction of sp³-hybridized carbons (Fsp3) is 0.500. The van der Waals surface area contributed by atoms with E-state index in [1.165, 1.54) is 6.42 Å². The summed E-state index contributed by atoms with van der Waals surface area (Å²) in [4.78, 5) is 14.4. The molecule has 1 aromatic rings. The summed E-state index contributed by atoms with van der Waals surface area (Å²) >= 11 is 3.46. The molecule has 1 heterocycles. The van der Waals surface area contributed by atoms with E-state index >= 15 is 0 Å². The molecule has 1 aromatic carbocycles. The molecule has 3 heteroatoms. The van der Waals surface area contributed by atoms with Crippen LogP contribution in [0.1, 0.15) is 42.1 Å². The van der Waals surface area contributed by atoms with E-state index in [9.17, 15) is 4.79 Å². The van der Waals surface area contributed by atoms with Gasteiger partial charge >= 0.3 is 0 Å². The fourth-order valence-electron chi connectivity index (χ4n) is 2.33. The van der Waals surface area contributed by atoms with Crippen molar-refractivity contribution in [2.45, 2.75) is 32.6 Å². The first-order valence-electron chi connectivity index (χ1n) is 6.30. The Labute approximate surface area is 111 Å². The lowest BCUT2D eigenvalue weighted by Gasteiger charge is -2.27. The first-order valence-corrected chi connectivity index (χ1v) is 7.09. The summed E-state index contributed by atoms with van der Waals surface area (Å²) in [5.74, 6) is 0.203. The maximum atomic E-state index is 12.4. The molecule has 0 bridgehead atoms. The monoisotopic (exact) mass is 295 g/mol. The Morgan fingerprint density at radius 1 is 1.29 bits per heavy atom. The van der Waals surface area contributed by atoms with Crippen molar-refractivity contribution < 1.29 is 4.79 Å². The van der Waals surface area contributed by atoms with Gasteiger partial charge in [0.1, 0.15) is 0 Å². The van der Waals surface area contributed by atoms with Crippen LogP contribution in [0.3, 0.4) is 0 Å². The van der Waals surface area contributed by atoms with Gasteiger partial charge in [-0.1, -0.05) is 22.9 Å². The summed E-state index contributed by atoms with van der Waals surface area (Å²) in [5, 5.41) is 0. The van der Waals surface area contributed by atoms with E-state index in [4.69, 9.17) is 0 Å². The molecule has 0 saturated carbocycles. The molecule has 2 nitrogen and oxygen atoms in total. The van der Waals surface area contributed by atoms with Crippen molar-refractivity contribution in [2.24, 2.45) is 0 Å². The molecule has 0 aromatic heterocycles. The molecule has 0 atom stereocenters. The SMILES string of the molecule is CCc1cc(Br)ccc1C(=O)N1CCCCC1. The van der Waals surface area contributed by atoms with E-state index in [-0.39, 0.29) is 5.91 Å².